The molecule has 1 aromatic carbocycles. The number of hydrogen-bond donors (Lipinski definition) is 1. The molecule has 5 nitrogen and oxygen atoms in total. The smallest absolute Gasteiger partial charge is 0.156 e. The van der Waals surface area contributed by atoms with Gasteiger partial charge in [0.15, 0.2) is 5.82 Å². The highest BCUT2D eigenvalue weighted by Gasteiger charge is 2.11. The third-order valence-corrected chi connectivity index (χ3v) is 5.96. The van der Waals surface area contributed by atoms with Crippen molar-refractivity contribution in [3.63, 3.8) is 0 Å². The molecule has 0 unspecified atom stereocenters. The van der Waals surface area contributed by atoms with Crippen LogP contribution in [0.25, 0.3) is 10.9 Å². The Balaban J connectivity index is 2.02. The predicted molar refractivity (Wildman–Crippen MR) is 126 cm³/mol. The molecule has 2 rings (SSSR count). The number of aryl methyl sites for hydroxylation is 1. The van der Waals surface area contributed by atoms with Crippen molar-refractivity contribution in [2.45, 2.75) is 47.1 Å². The summed E-state index contributed by atoms with van der Waals surface area (Å²) in [6.07, 6.45) is 2.27. The molecular weight excluding hydrogens is 449 g/mol. The molecule has 0 amide bonds. The number of nitrogens with one attached hydrogen (secondary N) is 1. The summed E-state index contributed by atoms with van der Waals surface area (Å²) >= 11 is 2.39. The van der Waals surface area contributed by atoms with E-state index in [0.29, 0.717) is 0 Å². The molecule has 6 heteroatoms. The van der Waals surface area contributed by atoms with Gasteiger partial charge in [0.2, 0.25) is 0 Å². The van der Waals surface area contributed by atoms with Gasteiger partial charge in [0, 0.05) is 22.0 Å². The zero-order valence-corrected chi connectivity index (χ0v) is 19.6. The van der Waals surface area contributed by atoms with Crippen LogP contribution in [0.5, 0.6) is 0 Å². The molecule has 0 atom stereocenters. The minimum atomic E-state index is 0.966. The van der Waals surface area contributed by atoms with Crippen LogP contribution in [0.2, 0.25) is 0 Å². The monoisotopic (exact) mass is 485 g/mol. The number of rotatable bonds is 13. The molecule has 1 N–H and O–H groups in total. The number of aromatic nitrogens is 2. The average molecular weight is 485 g/mol. The van der Waals surface area contributed by atoms with E-state index < -0.39 is 0 Å². The van der Waals surface area contributed by atoms with Gasteiger partial charge < -0.3 is 15.1 Å². The second-order valence-electron chi connectivity index (χ2n) is 6.92. The molecule has 2 aromatic rings. The van der Waals surface area contributed by atoms with Crippen LogP contribution in [0.1, 0.15) is 40.5 Å². The van der Waals surface area contributed by atoms with Gasteiger partial charge in [-0.1, -0.05) is 27.7 Å². The molecule has 0 fully saturated rings. The summed E-state index contributed by atoms with van der Waals surface area (Å²) in [6, 6.07) is 6.63. The fourth-order valence-electron chi connectivity index (χ4n) is 3.49. The van der Waals surface area contributed by atoms with Gasteiger partial charge in [-0.15, -0.1) is 0 Å². The highest BCUT2D eigenvalue weighted by atomic mass is 127. The van der Waals surface area contributed by atoms with Crippen LogP contribution in [-0.4, -0.2) is 65.4 Å². The van der Waals surface area contributed by atoms with Crippen LogP contribution < -0.4 is 5.32 Å². The Morgan fingerprint density at radius 2 is 1.59 bits per heavy atom. The first-order chi connectivity index (χ1) is 13.1. The number of benzene rings is 1. The largest absolute Gasteiger partial charge is 0.368 e. The summed E-state index contributed by atoms with van der Waals surface area (Å²) in [5.74, 6) is 1.03. The summed E-state index contributed by atoms with van der Waals surface area (Å²) in [4.78, 5) is 4.94. The van der Waals surface area contributed by atoms with Gasteiger partial charge in [-0.3, -0.25) is 4.68 Å². The van der Waals surface area contributed by atoms with Crippen molar-refractivity contribution >= 4 is 39.3 Å². The lowest BCUT2D eigenvalue weighted by atomic mass is 10.2. The van der Waals surface area contributed by atoms with Crippen LogP contribution in [0.4, 0.5) is 5.82 Å². The fraction of sp³-hybridized carbons (Fsp3) is 0.667. The first-order valence-corrected chi connectivity index (χ1v) is 11.5. The zero-order chi connectivity index (χ0) is 19.6. The second kappa shape index (κ2) is 11.9. The van der Waals surface area contributed by atoms with Gasteiger partial charge in [0.25, 0.3) is 0 Å². The van der Waals surface area contributed by atoms with Crippen molar-refractivity contribution in [2.75, 3.05) is 51.1 Å². The topological polar surface area (TPSA) is 36.3 Å². The Labute approximate surface area is 178 Å². The molecule has 152 valence electrons. The molecule has 0 saturated carbocycles. The number of fused-ring (bicyclic) bond motifs is 1. The Bertz CT molecular complexity index is 677. The maximum Gasteiger partial charge on any atom is 0.156 e. The lowest BCUT2D eigenvalue weighted by molar-refractivity contribution is 0.292. The predicted octanol–water partition coefficient (Wildman–Crippen LogP) is 4.52. The first kappa shape index (κ1) is 22.4. The summed E-state index contributed by atoms with van der Waals surface area (Å²) in [5.41, 5.74) is 1.24. The molecule has 1 heterocycles. The molecule has 0 radical (unpaired) electrons. The maximum absolute atomic E-state index is 4.91. The fourth-order valence-corrected chi connectivity index (χ4v) is 3.98. The van der Waals surface area contributed by atoms with Gasteiger partial charge >= 0.3 is 0 Å². The van der Waals surface area contributed by atoms with Crippen molar-refractivity contribution in [3.05, 3.63) is 21.8 Å². The van der Waals surface area contributed by atoms with E-state index in [9.17, 15) is 0 Å². The highest BCUT2D eigenvalue weighted by molar-refractivity contribution is 14.1. The van der Waals surface area contributed by atoms with Crippen LogP contribution in [0.3, 0.4) is 0 Å². The number of hydrogen-bond acceptors (Lipinski definition) is 4. The van der Waals surface area contributed by atoms with E-state index in [-0.39, 0.29) is 0 Å². The van der Waals surface area contributed by atoms with Gasteiger partial charge in [-0.2, -0.15) is 5.10 Å². The van der Waals surface area contributed by atoms with Crippen LogP contribution in [0, 0.1) is 3.57 Å². The Morgan fingerprint density at radius 1 is 0.963 bits per heavy atom. The van der Waals surface area contributed by atoms with E-state index in [2.05, 4.69) is 88.3 Å². The Kier molecular flexibility index (Phi) is 9.86. The van der Waals surface area contributed by atoms with Gasteiger partial charge in [0.1, 0.15) is 0 Å². The minimum Gasteiger partial charge on any atom is -0.368 e. The van der Waals surface area contributed by atoms with E-state index in [1.54, 1.807) is 0 Å². The summed E-state index contributed by atoms with van der Waals surface area (Å²) < 4.78 is 3.44. The van der Waals surface area contributed by atoms with Crippen LogP contribution >= 0.6 is 22.6 Å². The molecule has 0 spiro atoms. The van der Waals surface area contributed by atoms with Crippen molar-refractivity contribution in [3.8, 4) is 0 Å². The normalized spacial score (nSPS) is 11.8. The third kappa shape index (κ3) is 6.61. The first-order valence-electron chi connectivity index (χ1n) is 10.5. The molecule has 0 bridgehead atoms. The van der Waals surface area contributed by atoms with E-state index in [0.717, 1.165) is 71.0 Å². The molecule has 0 aliphatic rings. The van der Waals surface area contributed by atoms with Gasteiger partial charge in [-0.25, -0.2) is 0 Å². The summed E-state index contributed by atoms with van der Waals surface area (Å²) in [5, 5.41) is 9.74. The van der Waals surface area contributed by atoms with E-state index >= 15 is 0 Å². The summed E-state index contributed by atoms with van der Waals surface area (Å²) in [6.45, 7) is 17.6. The lowest BCUT2D eigenvalue weighted by Gasteiger charge is -2.17. The van der Waals surface area contributed by atoms with Crippen molar-refractivity contribution in [2.24, 2.45) is 0 Å². The van der Waals surface area contributed by atoms with Crippen molar-refractivity contribution in [1.29, 1.82) is 0 Å². The van der Waals surface area contributed by atoms with Gasteiger partial charge in [0.05, 0.1) is 5.52 Å². The van der Waals surface area contributed by atoms with E-state index in [4.69, 9.17) is 5.10 Å². The molecule has 1 aromatic heterocycles. The lowest BCUT2D eigenvalue weighted by Crippen LogP contribution is -2.25. The molecular formula is C21H36IN5. The summed E-state index contributed by atoms with van der Waals surface area (Å²) in [7, 11) is 0. The number of nitrogens with zero attached hydrogens (tertiary/aromatic N) is 4. The SMILES string of the molecule is CCN(CC)CCCNc1nn(CCCN(CC)CC)c2ccc(I)cc12. The molecule has 27 heavy (non-hydrogen) atoms. The average Bonchev–Trinajstić information content (AvgIpc) is 3.02. The molecule has 0 aliphatic carbocycles. The highest BCUT2D eigenvalue weighted by Crippen LogP contribution is 2.25. The van der Waals surface area contributed by atoms with Crippen LogP contribution in [0.15, 0.2) is 18.2 Å². The van der Waals surface area contributed by atoms with E-state index in [1.807, 2.05) is 0 Å². The molecule has 0 saturated heterocycles. The van der Waals surface area contributed by atoms with Crippen LogP contribution in [-0.2, 0) is 6.54 Å². The second-order valence-corrected chi connectivity index (χ2v) is 8.17. The Hall–Kier alpha value is -0.860. The zero-order valence-electron chi connectivity index (χ0n) is 17.5. The number of anilines is 1. The molecule has 0 aliphatic heterocycles. The van der Waals surface area contributed by atoms with Gasteiger partial charge in [-0.05, 0) is 92.9 Å². The third-order valence-electron chi connectivity index (χ3n) is 5.29. The standard InChI is InChI=1S/C21H36IN5/c1-5-25(6-2)14-9-13-23-21-19-17-18(22)11-12-20(19)27(24-21)16-10-15-26(7-3)8-4/h11-12,17H,5-10,13-16H2,1-4H3,(H,23,24). The van der Waals surface area contributed by atoms with E-state index in [1.165, 1.54) is 14.5 Å². The van der Waals surface area contributed by atoms with Crippen molar-refractivity contribution in [1.82, 2.24) is 19.6 Å². The minimum absolute atomic E-state index is 0.966. The number of halogens is 1. The van der Waals surface area contributed by atoms with Crippen molar-refractivity contribution < 1.29 is 0 Å². The maximum atomic E-state index is 4.91. The quantitative estimate of drug-likeness (QED) is 0.335. The Morgan fingerprint density at radius 3 is 2.22 bits per heavy atom.